The zero-order valence-electron chi connectivity index (χ0n) is 10.8. The van der Waals surface area contributed by atoms with Crippen molar-refractivity contribution in [2.24, 2.45) is 0 Å². The zero-order chi connectivity index (χ0) is 12.1. The first-order chi connectivity index (χ1) is 8.36. The van der Waals surface area contributed by atoms with E-state index in [9.17, 15) is 0 Å². The van der Waals surface area contributed by atoms with Gasteiger partial charge in [-0.3, -0.25) is 0 Å². The van der Waals surface area contributed by atoms with Crippen molar-refractivity contribution in [1.29, 1.82) is 0 Å². The molecule has 1 heterocycles. The van der Waals surface area contributed by atoms with Crippen LogP contribution in [0.1, 0.15) is 49.5 Å². The van der Waals surface area contributed by atoms with Crippen molar-refractivity contribution in [3.05, 3.63) is 21.9 Å². The summed E-state index contributed by atoms with van der Waals surface area (Å²) >= 11 is 1.92. The highest BCUT2D eigenvalue weighted by atomic mass is 32.1. The molecule has 0 spiro atoms. The van der Waals surface area contributed by atoms with Crippen LogP contribution in [0.15, 0.2) is 11.4 Å². The Kier molecular flexibility index (Phi) is 4.65. The molecule has 0 aromatic carbocycles. The van der Waals surface area contributed by atoms with Crippen molar-refractivity contribution in [2.45, 2.75) is 51.5 Å². The standard InChI is InChI=1S/C15H21NS/c1-3-5-8-14(16-4-2)12-7-6-9-15-13(12)10-11-17-15/h10-12,14,16H,4,6-9H2,1-2H3. The van der Waals surface area contributed by atoms with Gasteiger partial charge in [0, 0.05) is 23.3 Å². The Morgan fingerprint density at radius 3 is 3.24 bits per heavy atom. The van der Waals surface area contributed by atoms with Gasteiger partial charge >= 0.3 is 0 Å². The summed E-state index contributed by atoms with van der Waals surface area (Å²) in [7, 11) is 0. The van der Waals surface area contributed by atoms with Crippen LogP contribution in [-0.2, 0) is 6.42 Å². The van der Waals surface area contributed by atoms with Crippen LogP contribution in [0.5, 0.6) is 0 Å². The van der Waals surface area contributed by atoms with Crippen molar-refractivity contribution >= 4 is 11.3 Å². The number of likely N-dealkylation sites (N-methyl/N-ethyl adjacent to an activating group) is 1. The van der Waals surface area contributed by atoms with Gasteiger partial charge in [-0.2, -0.15) is 0 Å². The highest BCUT2D eigenvalue weighted by Gasteiger charge is 2.27. The molecule has 0 fully saturated rings. The van der Waals surface area contributed by atoms with E-state index in [0.29, 0.717) is 12.0 Å². The summed E-state index contributed by atoms with van der Waals surface area (Å²) in [5, 5.41) is 5.87. The quantitative estimate of drug-likeness (QED) is 0.802. The largest absolute Gasteiger partial charge is 0.313 e. The lowest BCUT2D eigenvalue weighted by Crippen LogP contribution is -2.35. The fourth-order valence-corrected chi connectivity index (χ4v) is 3.77. The van der Waals surface area contributed by atoms with Crippen LogP contribution >= 0.6 is 11.3 Å². The predicted molar refractivity (Wildman–Crippen MR) is 75.5 cm³/mol. The van der Waals surface area contributed by atoms with Crippen LogP contribution in [0.25, 0.3) is 0 Å². The molecule has 2 rings (SSSR count). The van der Waals surface area contributed by atoms with Gasteiger partial charge in [0.2, 0.25) is 0 Å². The molecular formula is C15H21NS. The van der Waals surface area contributed by atoms with Crippen LogP contribution in [0.3, 0.4) is 0 Å². The van der Waals surface area contributed by atoms with Gasteiger partial charge in [0.15, 0.2) is 0 Å². The van der Waals surface area contributed by atoms with Crippen molar-refractivity contribution < 1.29 is 0 Å². The summed E-state index contributed by atoms with van der Waals surface area (Å²) in [5.41, 5.74) is 1.59. The Balaban J connectivity index is 2.16. The zero-order valence-corrected chi connectivity index (χ0v) is 11.6. The number of aryl methyl sites for hydroxylation is 1. The Hall–Kier alpha value is -0.780. The van der Waals surface area contributed by atoms with Gasteiger partial charge in [-0.05, 0) is 49.7 Å². The lowest BCUT2D eigenvalue weighted by atomic mass is 9.81. The summed E-state index contributed by atoms with van der Waals surface area (Å²) < 4.78 is 0. The summed E-state index contributed by atoms with van der Waals surface area (Å²) in [6.45, 7) is 5.15. The second-order valence-electron chi connectivity index (χ2n) is 4.59. The minimum absolute atomic E-state index is 0.529. The first kappa shape index (κ1) is 12.7. The van der Waals surface area contributed by atoms with E-state index in [1.807, 2.05) is 18.3 Å². The second kappa shape index (κ2) is 6.23. The molecule has 1 aromatic heterocycles. The Bertz CT molecular complexity index is 410. The number of nitrogens with one attached hydrogen (secondary N) is 1. The summed E-state index contributed by atoms with van der Waals surface area (Å²) in [5.74, 6) is 6.94. The first-order valence-electron chi connectivity index (χ1n) is 6.56. The van der Waals surface area contributed by atoms with E-state index in [4.69, 9.17) is 0 Å². The third-order valence-corrected chi connectivity index (χ3v) is 4.55. The number of fused-ring (bicyclic) bond motifs is 1. The minimum atomic E-state index is 0.529. The average Bonchev–Trinajstić information content (AvgIpc) is 2.82. The molecule has 17 heavy (non-hydrogen) atoms. The maximum atomic E-state index is 3.62. The smallest absolute Gasteiger partial charge is 0.0249 e. The van der Waals surface area contributed by atoms with Crippen molar-refractivity contribution in [1.82, 2.24) is 5.32 Å². The molecular weight excluding hydrogens is 226 g/mol. The molecule has 0 aliphatic heterocycles. The normalized spacial score (nSPS) is 20.2. The highest BCUT2D eigenvalue weighted by Crippen LogP contribution is 2.37. The van der Waals surface area contributed by atoms with E-state index in [1.54, 1.807) is 10.4 Å². The predicted octanol–water partition coefficient (Wildman–Crippen LogP) is 3.56. The van der Waals surface area contributed by atoms with E-state index in [-0.39, 0.29) is 0 Å². The molecule has 1 aromatic rings. The molecule has 1 nitrogen and oxygen atoms in total. The van der Waals surface area contributed by atoms with E-state index >= 15 is 0 Å². The lowest BCUT2D eigenvalue weighted by molar-refractivity contribution is 0.406. The molecule has 0 amide bonds. The van der Waals surface area contributed by atoms with Gasteiger partial charge in [-0.25, -0.2) is 0 Å². The number of hydrogen-bond donors (Lipinski definition) is 1. The van der Waals surface area contributed by atoms with E-state index in [1.165, 1.54) is 19.3 Å². The maximum Gasteiger partial charge on any atom is 0.0249 e. The molecule has 0 bridgehead atoms. The van der Waals surface area contributed by atoms with Crippen LogP contribution in [0.2, 0.25) is 0 Å². The van der Waals surface area contributed by atoms with Crippen LogP contribution < -0.4 is 5.32 Å². The molecule has 2 heteroatoms. The maximum absolute atomic E-state index is 3.62. The monoisotopic (exact) mass is 247 g/mol. The molecule has 2 unspecified atom stereocenters. The topological polar surface area (TPSA) is 12.0 Å². The molecule has 1 aliphatic rings. The van der Waals surface area contributed by atoms with Gasteiger partial charge in [-0.15, -0.1) is 23.2 Å². The van der Waals surface area contributed by atoms with Crippen molar-refractivity contribution in [3.8, 4) is 11.8 Å². The Morgan fingerprint density at radius 1 is 1.59 bits per heavy atom. The molecule has 1 aliphatic carbocycles. The van der Waals surface area contributed by atoms with E-state index < -0.39 is 0 Å². The lowest BCUT2D eigenvalue weighted by Gasteiger charge is -2.30. The van der Waals surface area contributed by atoms with Crippen LogP contribution in [-0.4, -0.2) is 12.6 Å². The molecule has 2 atom stereocenters. The van der Waals surface area contributed by atoms with Crippen LogP contribution in [0.4, 0.5) is 0 Å². The number of hydrogen-bond acceptors (Lipinski definition) is 2. The van der Waals surface area contributed by atoms with Gasteiger partial charge in [0.25, 0.3) is 0 Å². The van der Waals surface area contributed by atoms with Crippen molar-refractivity contribution in [3.63, 3.8) is 0 Å². The summed E-state index contributed by atoms with van der Waals surface area (Å²) in [6.07, 6.45) is 4.90. The van der Waals surface area contributed by atoms with Gasteiger partial charge in [0.1, 0.15) is 0 Å². The average molecular weight is 247 g/mol. The molecule has 0 radical (unpaired) electrons. The second-order valence-corrected chi connectivity index (χ2v) is 5.59. The molecule has 1 N–H and O–H groups in total. The van der Waals surface area contributed by atoms with E-state index in [0.717, 1.165) is 13.0 Å². The molecule has 0 saturated carbocycles. The highest BCUT2D eigenvalue weighted by molar-refractivity contribution is 7.10. The SMILES string of the molecule is CC#CCC(NCC)C1CCCc2sccc21. The van der Waals surface area contributed by atoms with Gasteiger partial charge < -0.3 is 5.32 Å². The fraction of sp³-hybridized carbons (Fsp3) is 0.600. The minimum Gasteiger partial charge on any atom is -0.313 e. The Labute approximate surface area is 109 Å². The third-order valence-electron chi connectivity index (χ3n) is 3.55. The van der Waals surface area contributed by atoms with Gasteiger partial charge in [-0.1, -0.05) is 6.92 Å². The van der Waals surface area contributed by atoms with Gasteiger partial charge in [0.05, 0.1) is 0 Å². The number of rotatable bonds is 4. The summed E-state index contributed by atoms with van der Waals surface area (Å²) in [6, 6.07) is 2.86. The first-order valence-corrected chi connectivity index (χ1v) is 7.44. The van der Waals surface area contributed by atoms with Crippen LogP contribution in [0, 0.1) is 11.8 Å². The van der Waals surface area contributed by atoms with Crippen molar-refractivity contribution in [2.75, 3.05) is 6.54 Å². The molecule has 0 saturated heterocycles. The summed E-state index contributed by atoms with van der Waals surface area (Å²) in [4.78, 5) is 1.61. The fourth-order valence-electron chi connectivity index (χ4n) is 2.77. The van der Waals surface area contributed by atoms with E-state index in [2.05, 4.69) is 35.5 Å². The third kappa shape index (κ3) is 2.91. The number of thiophene rings is 1. The molecule has 92 valence electrons. The Morgan fingerprint density at radius 2 is 2.47 bits per heavy atom.